The highest BCUT2D eigenvalue weighted by Crippen LogP contribution is 2.30. The number of carbonyl (C=O) groups excluding carboxylic acids is 1. The van der Waals surface area contributed by atoms with E-state index < -0.39 is 34.2 Å². The molecule has 2 aromatic carbocycles. The zero-order valence-corrected chi connectivity index (χ0v) is 15.8. The van der Waals surface area contributed by atoms with E-state index in [1.54, 1.807) is 6.07 Å². The molecule has 1 N–H and O–H groups in total. The number of hydrogen-bond donors (Lipinski definition) is 1. The number of carbonyl (C=O) groups is 1. The Morgan fingerprint density at radius 2 is 1.89 bits per heavy atom. The molecule has 0 radical (unpaired) electrons. The zero-order valence-electron chi connectivity index (χ0n) is 14.2. The van der Waals surface area contributed by atoms with Crippen molar-refractivity contribution in [3.05, 3.63) is 70.0 Å². The van der Waals surface area contributed by atoms with Gasteiger partial charge < -0.3 is 4.55 Å². The van der Waals surface area contributed by atoms with Crippen molar-refractivity contribution in [2.75, 3.05) is 6.54 Å². The predicted molar refractivity (Wildman–Crippen MR) is 99.6 cm³/mol. The number of benzene rings is 2. The van der Waals surface area contributed by atoms with Gasteiger partial charge in [-0.3, -0.25) is 19.0 Å². The van der Waals surface area contributed by atoms with E-state index in [1.165, 1.54) is 24.5 Å². The second-order valence-electron chi connectivity index (χ2n) is 5.84. The third kappa shape index (κ3) is 4.39. The highest BCUT2D eigenvalue weighted by atomic mass is 35.5. The molecule has 3 aromatic rings. The first-order chi connectivity index (χ1) is 13.4. The Morgan fingerprint density at radius 1 is 1.18 bits per heavy atom. The fraction of sp³-hybridized carbons (Fsp3) is 0.167. The van der Waals surface area contributed by atoms with Crippen molar-refractivity contribution >= 4 is 39.7 Å². The minimum absolute atomic E-state index is 0.0915. The number of halogens is 3. The predicted octanol–water partition coefficient (Wildman–Crippen LogP) is 3.11. The van der Waals surface area contributed by atoms with Crippen LogP contribution in [-0.4, -0.2) is 31.1 Å². The van der Waals surface area contributed by atoms with Gasteiger partial charge in [0.05, 0.1) is 21.6 Å². The SMILES string of the molecule is O=C(c1ccc2nccnc2c1)c1c(F)c(F)cc(CCCNS(=O)[O-])c1Cl. The summed E-state index contributed by atoms with van der Waals surface area (Å²) in [6.07, 6.45) is 3.39. The Labute approximate surface area is 166 Å². The van der Waals surface area contributed by atoms with Crippen molar-refractivity contribution in [1.82, 2.24) is 14.7 Å². The van der Waals surface area contributed by atoms with Crippen LogP contribution in [-0.2, 0) is 17.7 Å². The van der Waals surface area contributed by atoms with Gasteiger partial charge >= 0.3 is 0 Å². The quantitative estimate of drug-likeness (QED) is 0.272. The highest BCUT2D eigenvalue weighted by molar-refractivity contribution is 7.77. The lowest BCUT2D eigenvalue weighted by atomic mass is 9.98. The number of aryl methyl sites for hydroxylation is 1. The fourth-order valence-electron chi connectivity index (χ4n) is 2.72. The first-order valence-electron chi connectivity index (χ1n) is 8.13. The summed E-state index contributed by atoms with van der Waals surface area (Å²) in [4.78, 5) is 21.0. The van der Waals surface area contributed by atoms with Gasteiger partial charge in [0, 0.05) is 35.8 Å². The zero-order chi connectivity index (χ0) is 20.3. The van der Waals surface area contributed by atoms with Crippen LogP contribution in [0.1, 0.15) is 27.9 Å². The molecule has 146 valence electrons. The monoisotopic (exact) mass is 424 g/mol. The van der Waals surface area contributed by atoms with Crippen molar-refractivity contribution < 1.29 is 22.3 Å². The maximum absolute atomic E-state index is 14.4. The van der Waals surface area contributed by atoms with E-state index in [1.807, 2.05) is 0 Å². The van der Waals surface area contributed by atoms with E-state index in [4.69, 9.17) is 11.6 Å². The number of nitrogens with zero attached hydrogens (tertiary/aromatic N) is 2. The van der Waals surface area contributed by atoms with Gasteiger partial charge in [-0.15, -0.1) is 0 Å². The molecular weight excluding hydrogens is 412 g/mol. The molecule has 0 aliphatic heterocycles. The van der Waals surface area contributed by atoms with Crippen LogP contribution in [0.2, 0.25) is 5.02 Å². The number of hydrogen-bond acceptors (Lipinski definition) is 5. The summed E-state index contributed by atoms with van der Waals surface area (Å²) in [5.41, 5.74) is 0.712. The van der Waals surface area contributed by atoms with Crippen LogP contribution in [0.15, 0.2) is 36.7 Å². The first-order valence-corrected chi connectivity index (χ1v) is 9.58. The molecule has 0 fully saturated rings. The topological polar surface area (TPSA) is 95.0 Å². The van der Waals surface area contributed by atoms with E-state index in [9.17, 15) is 22.3 Å². The Hall–Kier alpha value is -2.33. The van der Waals surface area contributed by atoms with Crippen LogP contribution in [0.5, 0.6) is 0 Å². The van der Waals surface area contributed by atoms with Gasteiger partial charge in [-0.25, -0.2) is 13.5 Å². The van der Waals surface area contributed by atoms with E-state index in [2.05, 4.69) is 14.7 Å². The second kappa shape index (κ2) is 8.78. The van der Waals surface area contributed by atoms with Crippen LogP contribution in [0, 0.1) is 11.6 Å². The maximum Gasteiger partial charge on any atom is 0.197 e. The lowest BCUT2D eigenvalue weighted by Crippen LogP contribution is -2.18. The van der Waals surface area contributed by atoms with Crippen LogP contribution < -0.4 is 4.72 Å². The summed E-state index contributed by atoms with van der Waals surface area (Å²) in [6, 6.07) is 5.33. The van der Waals surface area contributed by atoms with Gasteiger partial charge in [0.2, 0.25) is 0 Å². The molecule has 0 bridgehead atoms. The Kier molecular flexibility index (Phi) is 6.40. The van der Waals surface area contributed by atoms with E-state index in [-0.39, 0.29) is 35.5 Å². The molecule has 0 aliphatic carbocycles. The standard InChI is InChI=1S/C18H14ClF2N3O3S/c19-16-10(2-1-5-24-28(26)27)8-12(20)17(21)15(16)18(25)11-3-4-13-14(9-11)23-7-6-22-13/h3-4,6-9,24H,1-2,5H2,(H,26,27)/p-1. The fourth-order valence-corrected chi connectivity index (χ4v) is 3.35. The minimum atomic E-state index is -2.42. The average molecular weight is 425 g/mol. The van der Waals surface area contributed by atoms with Gasteiger partial charge in [-0.1, -0.05) is 11.6 Å². The molecule has 28 heavy (non-hydrogen) atoms. The molecule has 0 aliphatic rings. The molecule has 1 atom stereocenters. The molecular formula is C18H13ClF2N3O3S-. The summed E-state index contributed by atoms with van der Waals surface area (Å²) in [6.45, 7) is 0.0953. The Balaban J connectivity index is 1.94. The molecule has 10 heteroatoms. The summed E-state index contributed by atoms with van der Waals surface area (Å²) < 4.78 is 51.6. The van der Waals surface area contributed by atoms with Crippen molar-refractivity contribution in [3.63, 3.8) is 0 Å². The molecule has 1 heterocycles. The van der Waals surface area contributed by atoms with Crippen molar-refractivity contribution in [2.24, 2.45) is 0 Å². The molecule has 1 aromatic heterocycles. The second-order valence-corrected chi connectivity index (χ2v) is 6.98. The highest BCUT2D eigenvalue weighted by Gasteiger charge is 2.24. The van der Waals surface area contributed by atoms with Gasteiger partial charge in [0.25, 0.3) is 0 Å². The van der Waals surface area contributed by atoms with Gasteiger partial charge in [-0.05, 0) is 42.7 Å². The lowest BCUT2D eigenvalue weighted by Gasteiger charge is -2.12. The van der Waals surface area contributed by atoms with Crippen molar-refractivity contribution in [2.45, 2.75) is 12.8 Å². The third-order valence-corrected chi connectivity index (χ3v) is 4.90. The molecule has 0 spiro atoms. The van der Waals surface area contributed by atoms with Crippen LogP contribution >= 0.6 is 11.6 Å². The molecule has 1 unspecified atom stereocenters. The summed E-state index contributed by atoms with van der Waals surface area (Å²) in [5.74, 6) is -3.32. The normalized spacial score (nSPS) is 12.3. The van der Waals surface area contributed by atoms with Gasteiger partial charge in [0.1, 0.15) is 0 Å². The summed E-state index contributed by atoms with van der Waals surface area (Å²) >= 11 is 3.78. The van der Waals surface area contributed by atoms with Crippen molar-refractivity contribution in [3.8, 4) is 0 Å². The number of aromatic nitrogens is 2. The summed E-state index contributed by atoms with van der Waals surface area (Å²) in [5, 5.41) is -0.202. The maximum atomic E-state index is 14.4. The minimum Gasteiger partial charge on any atom is -0.760 e. The molecule has 0 saturated carbocycles. The van der Waals surface area contributed by atoms with E-state index in [0.29, 0.717) is 11.0 Å². The van der Waals surface area contributed by atoms with Crippen LogP contribution in [0.3, 0.4) is 0 Å². The third-order valence-electron chi connectivity index (χ3n) is 4.03. The largest absolute Gasteiger partial charge is 0.760 e. The number of fused-ring (bicyclic) bond motifs is 1. The molecule has 0 saturated heterocycles. The van der Waals surface area contributed by atoms with Gasteiger partial charge in [0.15, 0.2) is 17.4 Å². The first kappa shape index (κ1) is 20.4. The van der Waals surface area contributed by atoms with Gasteiger partial charge in [-0.2, -0.15) is 0 Å². The van der Waals surface area contributed by atoms with Crippen LogP contribution in [0.25, 0.3) is 11.0 Å². The lowest BCUT2D eigenvalue weighted by molar-refractivity contribution is 0.103. The number of rotatable bonds is 7. The molecule has 6 nitrogen and oxygen atoms in total. The molecule has 0 amide bonds. The average Bonchev–Trinajstić information content (AvgIpc) is 2.68. The smallest absolute Gasteiger partial charge is 0.197 e. The van der Waals surface area contributed by atoms with Crippen molar-refractivity contribution in [1.29, 1.82) is 0 Å². The number of nitrogens with one attached hydrogen (secondary N) is 1. The van der Waals surface area contributed by atoms with Crippen LogP contribution in [0.4, 0.5) is 8.78 Å². The van der Waals surface area contributed by atoms with E-state index in [0.717, 1.165) is 6.07 Å². The molecule has 3 rings (SSSR count). The summed E-state index contributed by atoms with van der Waals surface area (Å²) in [7, 11) is 0. The Morgan fingerprint density at radius 3 is 2.61 bits per heavy atom. The van der Waals surface area contributed by atoms with E-state index >= 15 is 0 Å². The Bertz CT molecular complexity index is 1080. The number of ketones is 1.